The van der Waals surface area contributed by atoms with Crippen LogP contribution in [0.15, 0.2) is 0 Å². The molecule has 0 aliphatic heterocycles. The topological polar surface area (TPSA) is 20.2 Å². The molecule has 1 aliphatic carbocycles. The molecule has 1 saturated carbocycles. The fourth-order valence-corrected chi connectivity index (χ4v) is 2.79. The van der Waals surface area contributed by atoms with Crippen molar-refractivity contribution in [2.45, 2.75) is 29.3 Å². The molecule has 7 heavy (non-hydrogen) atoms. The van der Waals surface area contributed by atoms with Crippen LogP contribution in [-0.2, 0) is 0 Å². The van der Waals surface area contributed by atoms with Gasteiger partial charge in [-0.1, -0.05) is 22.6 Å². The maximum Gasteiger partial charge on any atom is 0.0639 e. The second-order valence-corrected chi connectivity index (χ2v) is 4.26. The van der Waals surface area contributed by atoms with Gasteiger partial charge in [-0.15, -0.1) is 0 Å². The van der Waals surface area contributed by atoms with Crippen LogP contribution in [0.4, 0.5) is 0 Å². The molecule has 0 aromatic heterocycles. The lowest BCUT2D eigenvalue weighted by Gasteiger charge is -2.37. The molecule has 1 fully saturated rings. The Morgan fingerprint density at radius 1 is 1.71 bits per heavy atom. The van der Waals surface area contributed by atoms with Gasteiger partial charge in [0, 0.05) is 3.92 Å². The first kappa shape index (κ1) is 5.82. The van der Waals surface area contributed by atoms with Gasteiger partial charge in [-0.05, 0) is 19.8 Å². The number of hydrogen-bond donors (Lipinski definition) is 1. The summed E-state index contributed by atoms with van der Waals surface area (Å²) in [5.41, 5.74) is -0.314. The quantitative estimate of drug-likeness (QED) is 0.474. The summed E-state index contributed by atoms with van der Waals surface area (Å²) in [5, 5.41) is 9.08. The van der Waals surface area contributed by atoms with Crippen molar-refractivity contribution in [3.05, 3.63) is 0 Å². The minimum Gasteiger partial charge on any atom is -0.390 e. The van der Waals surface area contributed by atoms with Gasteiger partial charge in [-0.3, -0.25) is 0 Å². The van der Waals surface area contributed by atoms with E-state index in [-0.39, 0.29) is 5.60 Å². The lowest BCUT2D eigenvalue weighted by molar-refractivity contribution is -0.00572. The summed E-state index contributed by atoms with van der Waals surface area (Å²) < 4.78 is 0.729. The molecule has 1 rings (SSSR count). The van der Waals surface area contributed by atoms with Gasteiger partial charge < -0.3 is 5.11 Å². The summed E-state index contributed by atoms with van der Waals surface area (Å²) in [4.78, 5) is 0. The Bertz CT molecular complexity index is 72.1. The number of halogens is 1. The fraction of sp³-hybridized carbons (Fsp3) is 1.00. The van der Waals surface area contributed by atoms with E-state index in [2.05, 4.69) is 22.6 Å². The zero-order valence-electron chi connectivity index (χ0n) is 4.32. The van der Waals surface area contributed by atoms with Crippen LogP contribution in [-0.4, -0.2) is 14.6 Å². The first-order valence-corrected chi connectivity index (χ1v) is 3.71. The van der Waals surface area contributed by atoms with Crippen molar-refractivity contribution in [3.63, 3.8) is 0 Å². The van der Waals surface area contributed by atoms with Gasteiger partial charge in [0.25, 0.3) is 0 Å². The Morgan fingerprint density at radius 2 is 2.14 bits per heavy atom. The van der Waals surface area contributed by atoms with Crippen LogP contribution < -0.4 is 0 Å². The molecule has 42 valence electrons. The van der Waals surface area contributed by atoms with Crippen molar-refractivity contribution in [3.8, 4) is 0 Å². The third-order valence-corrected chi connectivity index (χ3v) is 2.20. The van der Waals surface area contributed by atoms with Crippen LogP contribution in [0.3, 0.4) is 0 Å². The van der Waals surface area contributed by atoms with Crippen molar-refractivity contribution in [1.82, 2.24) is 0 Å². The van der Waals surface area contributed by atoms with Crippen LogP contribution in [0.5, 0.6) is 0 Å². The molecule has 0 radical (unpaired) electrons. The molecule has 0 aromatic rings. The minimum atomic E-state index is -0.314. The lowest BCUT2D eigenvalue weighted by atomic mass is 9.82. The summed E-state index contributed by atoms with van der Waals surface area (Å²) in [6.07, 6.45) is 1.96. The first-order valence-electron chi connectivity index (χ1n) is 2.47. The third-order valence-electron chi connectivity index (χ3n) is 1.32. The summed E-state index contributed by atoms with van der Waals surface area (Å²) >= 11 is 2.36. The Kier molecular flexibility index (Phi) is 1.32. The summed E-state index contributed by atoms with van der Waals surface area (Å²) in [7, 11) is 0. The third kappa shape index (κ3) is 1.29. The van der Waals surface area contributed by atoms with Gasteiger partial charge >= 0.3 is 0 Å². The number of rotatable bonds is 0. The normalized spacial score (nSPS) is 51.0. The van der Waals surface area contributed by atoms with Crippen molar-refractivity contribution in [2.75, 3.05) is 0 Å². The molecular formula is C5H9IO. The zero-order chi connectivity index (χ0) is 5.49. The van der Waals surface area contributed by atoms with Gasteiger partial charge in [0.1, 0.15) is 0 Å². The summed E-state index contributed by atoms with van der Waals surface area (Å²) in [6, 6.07) is 0. The van der Waals surface area contributed by atoms with E-state index >= 15 is 0 Å². The molecule has 0 bridgehead atoms. The van der Waals surface area contributed by atoms with Crippen LogP contribution in [0.25, 0.3) is 0 Å². The van der Waals surface area contributed by atoms with E-state index in [1.54, 1.807) is 0 Å². The molecule has 1 aliphatic rings. The van der Waals surface area contributed by atoms with Gasteiger partial charge in [-0.2, -0.15) is 0 Å². The van der Waals surface area contributed by atoms with E-state index < -0.39 is 0 Å². The Labute approximate surface area is 57.2 Å². The lowest BCUT2D eigenvalue weighted by Crippen LogP contribution is -2.40. The Morgan fingerprint density at radius 3 is 2.14 bits per heavy atom. The van der Waals surface area contributed by atoms with Crippen molar-refractivity contribution >= 4 is 22.6 Å². The molecule has 1 N–H and O–H groups in total. The van der Waals surface area contributed by atoms with E-state index in [9.17, 15) is 0 Å². The molecule has 0 saturated heterocycles. The van der Waals surface area contributed by atoms with E-state index in [4.69, 9.17) is 5.11 Å². The maximum absolute atomic E-state index is 9.08. The van der Waals surface area contributed by atoms with Crippen LogP contribution in [0, 0.1) is 0 Å². The van der Waals surface area contributed by atoms with Crippen molar-refractivity contribution < 1.29 is 5.11 Å². The highest BCUT2D eigenvalue weighted by atomic mass is 127. The van der Waals surface area contributed by atoms with Crippen LogP contribution in [0.1, 0.15) is 19.8 Å². The van der Waals surface area contributed by atoms with E-state index in [0.717, 1.165) is 16.8 Å². The molecular weight excluding hydrogens is 203 g/mol. The second-order valence-electron chi connectivity index (χ2n) is 2.50. The SMILES string of the molecule is C[C@]1(O)C[C@@H](I)C1. The molecule has 0 spiro atoms. The van der Waals surface area contributed by atoms with E-state index in [1.165, 1.54) is 0 Å². The van der Waals surface area contributed by atoms with Gasteiger partial charge in [-0.25, -0.2) is 0 Å². The van der Waals surface area contributed by atoms with Gasteiger partial charge in [0.15, 0.2) is 0 Å². The molecule has 2 heteroatoms. The number of hydrogen-bond acceptors (Lipinski definition) is 1. The summed E-state index contributed by atoms with van der Waals surface area (Å²) in [6.45, 7) is 1.89. The standard InChI is InChI=1S/C5H9IO/c1-5(7)2-4(6)3-5/h4,7H,2-3H2,1H3/t4-,5+. The highest BCUT2D eigenvalue weighted by Gasteiger charge is 2.36. The second kappa shape index (κ2) is 1.58. The first-order chi connectivity index (χ1) is 3.10. The molecule has 0 aromatic carbocycles. The van der Waals surface area contributed by atoms with Crippen LogP contribution in [0.2, 0.25) is 0 Å². The number of alkyl halides is 1. The highest BCUT2D eigenvalue weighted by molar-refractivity contribution is 14.1. The van der Waals surface area contributed by atoms with E-state index in [1.807, 2.05) is 6.92 Å². The average molecular weight is 212 g/mol. The van der Waals surface area contributed by atoms with Crippen molar-refractivity contribution in [2.24, 2.45) is 0 Å². The monoisotopic (exact) mass is 212 g/mol. The van der Waals surface area contributed by atoms with Gasteiger partial charge in [0.2, 0.25) is 0 Å². The average Bonchev–Trinajstić information content (AvgIpc) is 1.27. The fourth-order valence-electron chi connectivity index (χ4n) is 0.895. The highest BCUT2D eigenvalue weighted by Crippen LogP contribution is 2.36. The zero-order valence-corrected chi connectivity index (χ0v) is 6.47. The molecule has 0 amide bonds. The summed E-state index contributed by atoms with van der Waals surface area (Å²) in [5.74, 6) is 0. The largest absolute Gasteiger partial charge is 0.390 e. The smallest absolute Gasteiger partial charge is 0.0639 e. The predicted octanol–water partition coefficient (Wildman–Crippen LogP) is 1.33. The minimum absolute atomic E-state index is 0.314. The van der Waals surface area contributed by atoms with Crippen LogP contribution >= 0.6 is 22.6 Å². The number of aliphatic hydroxyl groups is 1. The Balaban J connectivity index is 2.29. The van der Waals surface area contributed by atoms with E-state index in [0.29, 0.717) is 0 Å². The molecule has 1 nitrogen and oxygen atoms in total. The maximum atomic E-state index is 9.08. The predicted molar refractivity (Wildman–Crippen MR) is 37.7 cm³/mol. The molecule has 0 heterocycles. The molecule has 0 unspecified atom stereocenters. The van der Waals surface area contributed by atoms with Crippen molar-refractivity contribution in [1.29, 1.82) is 0 Å². The molecule has 0 atom stereocenters. The Hall–Kier alpha value is 0.690. The van der Waals surface area contributed by atoms with Gasteiger partial charge in [0.05, 0.1) is 5.60 Å².